The van der Waals surface area contributed by atoms with E-state index >= 15 is 0 Å². The first kappa shape index (κ1) is 17.2. The van der Waals surface area contributed by atoms with Gasteiger partial charge in [0.25, 0.3) is 0 Å². The Morgan fingerprint density at radius 3 is 2.86 bits per heavy atom. The molecule has 3 nitrogen and oxygen atoms in total. The largest absolute Gasteiger partial charge is 0.305 e. The van der Waals surface area contributed by atoms with Crippen LogP contribution in [0.15, 0.2) is 28.9 Å². The van der Waals surface area contributed by atoms with Gasteiger partial charge in [0.05, 0.1) is 23.0 Å². The van der Waals surface area contributed by atoms with E-state index in [-0.39, 0.29) is 6.04 Å². The Morgan fingerprint density at radius 2 is 2.19 bits per heavy atom. The van der Waals surface area contributed by atoms with Crippen LogP contribution in [0, 0.1) is 3.57 Å². The molecule has 114 valence electrons. The Bertz CT molecular complexity index is 615. The minimum Gasteiger partial charge on any atom is -0.305 e. The molecule has 0 fully saturated rings. The average Bonchev–Trinajstić information content (AvgIpc) is 2.84. The summed E-state index contributed by atoms with van der Waals surface area (Å²) in [6.07, 6.45) is 2.80. The molecular weight excluding hydrogens is 464 g/mol. The van der Waals surface area contributed by atoms with Crippen molar-refractivity contribution >= 4 is 50.1 Å². The molecule has 1 N–H and O–H groups in total. The molecule has 0 bridgehead atoms. The van der Waals surface area contributed by atoms with Crippen LogP contribution in [0.25, 0.3) is 0 Å². The second kappa shape index (κ2) is 7.94. The summed E-state index contributed by atoms with van der Waals surface area (Å²) >= 11 is 12.3. The number of nitrogens with zero attached hydrogens (tertiary/aromatic N) is 2. The molecular formula is C15H18BrClIN3. The zero-order chi connectivity index (χ0) is 15.4. The number of halogens is 3. The Morgan fingerprint density at radius 1 is 1.43 bits per heavy atom. The Labute approximate surface area is 152 Å². The smallest absolute Gasteiger partial charge is 0.0837 e. The van der Waals surface area contributed by atoms with Crippen molar-refractivity contribution in [3.63, 3.8) is 0 Å². The monoisotopic (exact) mass is 481 g/mol. The fraction of sp³-hybridized carbons (Fsp3) is 0.400. The molecule has 1 aromatic heterocycles. The van der Waals surface area contributed by atoms with Crippen molar-refractivity contribution in [3.05, 3.63) is 48.7 Å². The van der Waals surface area contributed by atoms with Crippen LogP contribution in [-0.4, -0.2) is 16.3 Å². The van der Waals surface area contributed by atoms with E-state index in [0.717, 1.165) is 29.7 Å². The van der Waals surface area contributed by atoms with Crippen molar-refractivity contribution in [1.29, 1.82) is 0 Å². The number of aromatic nitrogens is 2. The van der Waals surface area contributed by atoms with Gasteiger partial charge < -0.3 is 5.32 Å². The van der Waals surface area contributed by atoms with Crippen molar-refractivity contribution in [2.75, 3.05) is 6.54 Å². The van der Waals surface area contributed by atoms with Gasteiger partial charge in [-0.25, -0.2) is 0 Å². The molecule has 2 rings (SSSR count). The minimum atomic E-state index is 0.0456. The molecule has 1 atom stereocenters. The molecule has 1 heterocycles. The Balaban J connectivity index is 2.52. The first-order valence-electron chi connectivity index (χ1n) is 6.98. The van der Waals surface area contributed by atoms with E-state index in [2.05, 4.69) is 81.0 Å². The topological polar surface area (TPSA) is 29.9 Å². The van der Waals surface area contributed by atoms with Crippen molar-refractivity contribution in [3.8, 4) is 0 Å². The first-order chi connectivity index (χ1) is 10.1. The summed E-state index contributed by atoms with van der Waals surface area (Å²) in [5.41, 5.74) is 2.25. The van der Waals surface area contributed by atoms with Gasteiger partial charge >= 0.3 is 0 Å². The summed E-state index contributed by atoms with van der Waals surface area (Å²) in [4.78, 5) is 0. The molecule has 1 aromatic carbocycles. The maximum atomic E-state index is 6.40. The molecule has 2 aromatic rings. The highest BCUT2D eigenvalue weighted by molar-refractivity contribution is 14.1. The van der Waals surface area contributed by atoms with Crippen LogP contribution in [0.1, 0.15) is 37.6 Å². The SMILES string of the molecule is CCCNC(c1cc(Br)ccc1I)c1c(Cl)cnn1CC. The van der Waals surface area contributed by atoms with Gasteiger partial charge in [0.15, 0.2) is 0 Å². The predicted molar refractivity (Wildman–Crippen MR) is 99.9 cm³/mol. The third-order valence-corrected chi connectivity index (χ3v) is 5.04. The standard InChI is InChI=1S/C15H18BrClIN3/c1-3-7-19-14(11-8-10(16)5-6-13(11)18)15-12(17)9-20-21(15)4-2/h5-6,8-9,14,19H,3-4,7H2,1-2H3. The first-order valence-corrected chi connectivity index (χ1v) is 9.23. The van der Waals surface area contributed by atoms with Gasteiger partial charge in [0, 0.05) is 14.6 Å². The van der Waals surface area contributed by atoms with E-state index in [1.165, 1.54) is 9.13 Å². The van der Waals surface area contributed by atoms with E-state index in [9.17, 15) is 0 Å². The molecule has 0 aliphatic rings. The van der Waals surface area contributed by atoms with Crippen molar-refractivity contribution in [2.45, 2.75) is 32.9 Å². The number of hydrogen-bond donors (Lipinski definition) is 1. The van der Waals surface area contributed by atoms with Gasteiger partial charge in [0.2, 0.25) is 0 Å². The van der Waals surface area contributed by atoms with Gasteiger partial charge in [-0.05, 0) is 66.2 Å². The van der Waals surface area contributed by atoms with Gasteiger partial charge in [-0.15, -0.1) is 0 Å². The lowest BCUT2D eigenvalue weighted by atomic mass is 10.0. The normalized spacial score (nSPS) is 12.6. The van der Waals surface area contributed by atoms with Crippen LogP contribution in [0.2, 0.25) is 5.02 Å². The molecule has 21 heavy (non-hydrogen) atoms. The minimum absolute atomic E-state index is 0.0456. The second-order valence-corrected chi connectivity index (χ2v) is 7.23. The molecule has 0 spiro atoms. The van der Waals surface area contributed by atoms with Crippen LogP contribution in [0.5, 0.6) is 0 Å². The fourth-order valence-electron chi connectivity index (χ4n) is 2.29. The third-order valence-electron chi connectivity index (χ3n) is 3.27. The predicted octanol–water partition coefficient (Wildman–Crippen LogP) is 5.01. The summed E-state index contributed by atoms with van der Waals surface area (Å²) in [6, 6.07) is 6.37. The molecule has 0 saturated heterocycles. The van der Waals surface area contributed by atoms with Gasteiger partial charge in [-0.1, -0.05) is 34.5 Å². The summed E-state index contributed by atoms with van der Waals surface area (Å²) < 4.78 is 4.25. The van der Waals surface area contributed by atoms with Gasteiger partial charge in [0.1, 0.15) is 0 Å². The fourth-order valence-corrected chi connectivity index (χ4v) is 3.57. The highest BCUT2D eigenvalue weighted by Crippen LogP contribution is 2.32. The van der Waals surface area contributed by atoms with Gasteiger partial charge in [-0.2, -0.15) is 5.10 Å². The van der Waals surface area contributed by atoms with Crippen molar-refractivity contribution < 1.29 is 0 Å². The second-order valence-electron chi connectivity index (χ2n) is 4.75. The van der Waals surface area contributed by atoms with Crippen LogP contribution in [0.4, 0.5) is 0 Å². The van der Waals surface area contributed by atoms with E-state index in [1.54, 1.807) is 6.20 Å². The molecule has 0 aliphatic heterocycles. The molecule has 0 saturated carbocycles. The molecule has 0 radical (unpaired) electrons. The summed E-state index contributed by atoms with van der Waals surface area (Å²) in [6.45, 7) is 5.97. The highest BCUT2D eigenvalue weighted by atomic mass is 127. The van der Waals surface area contributed by atoms with Gasteiger partial charge in [-0.3, -0.25) is 4.68 Å². The lowest BCUT2D eigenvalue weighted by Gasteiger charge is -2.22. The molecule has 6 heteroatoms. The van der Waals surface area contributed by atoms with Crippen molar-refractivity contribution in [1.82, 2.24) is 15.1 Å². The van der Waals surface area contributed by atoms with Crippen LogP contribution in [0.3, 0.4) is 0 Å². The zero-order valence-electron chi connectivity index (χ0n) is 12.0. The number of aryl methyl sites for hydroxylation is 1. The van der Waals surface area contributed by atoms with Crippen LogP contribution < -0.4 is 5.32 Å². The molecule has 1 unspecified atom stereocenters. The maximum absolute atomic E-state index is 6.40. The molecule has 0 aliphatic carbocycles. The number of nitrogens with one attached hydrogen (secondary N) is 1. The lowest BCUT2D eigenvalue weighted by Crippen LogP contribution is -2.26. The third kappa shape index (κ3) is 4.00. The zero-order valence-corrected chi connectivity index (χ0v) is 16.5. The Kier molecular flexibility index (Phi) is 6.52. The van der Waals surface area contributed by atoms with Crippen LogP contribution in [-0.2, 0) is 6.54 Å². The summed E-state index contributed by atoms with van der Waals surface area (Å²) in [7, 11) is 0. The van der Waals surface area contributed by atoms with E-state index in [1.807, 2.05) is 4.68 Å². The molecule has 0 amide bonds. The summed E-state index contributed by atoms with van der Waals surface area (Å²) in [5.74, 6) is 0. The maximum Gasteiger partial charge on any atom is 0.0837 e. The van der Waals surface area contributed by atoms with E-state index in [0.29, 0.717) is 5.02 Å². The number of rotatable bonds is 6. The van der Waals surface area contributed by atoms with E-state index in [4.69, 9.17) is 11.6 Å². The van der Waals surface area contributed by atoms with Crippen LogP contribution >= 0.6 is 50.1 Å². The number of benzene rings is 1. The highest BCUT2D eigenvalue weighted by Gasteiger charge is 2.23. The average molecular weight is 483 g/mol. The summed E-state index contributed by atoms with van der Waals surface area (Å²) in [5, 5.41) is 8.68. The Hall–Kier alpha value is -0.110. The quantitative estimate of drug-likeness (QED) is 0.587. The lowest BCUT2D eigenvalue weighted by molar-refractivity contribution is 0.528. The number of hydrogen-bond acceptors (Lipinski definition) is 2. The van der Waals surface area contributed by atoms with Crippen molar-refractivity contribution in [2.24, 2.45) is 0 Å². The van der Waals surface area contributed by atoms with E-state index < -0.39 is 0 Å².